The number of anilines is 1. The third-order valence-electron chi connectivity index (χ3n) is 2.63. The highest BCUT2D eigenvalue weighted by molar-refractivity contribution is 5.32. The summed E-state index contributed by atoms with van der Waals surface area (Å²) in [5, 5.41) is 20.8. The Morgan fingerprint density at radius 1 is 1.62 bits per heavy atom. The van der Waals surface area contributed by atoms with E-state index in [-0.39, 0.29) is 12.1 Å². The Hall–Kier alpha value is -1.67. The summed E-state index contributed by atoms with van der Waals surface area (Å²) in [6.07, 6.45) is 3.00. The summed E-state index contributed by atoms with van der Waals surface area (Å²) in [6.45, 7) is 4.12. The predicted octanol–water partition coefficient (Wildman–Crippen LogP) is 1.31. The molecule has 1 rings (SSSR count). The number of hydrogen-bond acceptors (Lipinski definition) is 5. The maximum absolute atomic E-state index is 8.98. The molecular formula is C11H16N4O. The zero-order valence-electron chi connectivity index (χ0n) is 9.56. The maximum Gasteiger partial charge on any atom is 0.224 e. The first-order valence-electron chi connectivity index (χ1n) is 5.26. The second-order valence-corrected chi connectivity index (χ2v) is 3.89. The van der Waals surface area contributed by atoms with E-state index in [0.717, 1.165) is 6.42 Å². The molecule has 0 aliphatic heterocycles. The van der Waals surface area contributed by atoms with Crippen LogP contribution in [0.3, 0.4) is 0 Å². The monoisotopic (exact) mass is 220 g/mol. The van der Waals surface area contributed by atoms with Crippen molar-refractivity contribution in [3.63, 3.8) is 0 Å². The van der Waals surface area contributed by atoms with Crippen LogP contribution in [0.15, 0.2) is 12.3 Å². The van der Waals surface area contributed by atoms with Gasteiger partial charge in [-0.25, -0.2) is 9.97 Å². The Morgan fingerprint density at radius 3 is 2.94 bits per heavy atom. The van der Waals surface area contributed by atoms with Crippen molar-refractivity contribution in [1.29, 1.82) is 5.26 Å². The predicted molar refractivity (Wildman–Crippen MR) is 60.8 cm³/mol. The topological polar surface area (TPSA) is 81.8 Å². The molecule has 5 nitrogen and oxygen atoms in total. The molecule has 0 saturated heterocycles. The van der Waals surface area contributed by atoms with Crippen LogP contribution in [0.1, 0.15) is 32.4 Å². The molecule has 0 aliphatic rings. The largest absolute Gasteiger partial charge is 0.396 e. The van der Waals surface area contributed by atoms with Crippen molar-refractivity contribution in [3.05, 3.63) is 18.0 Å². The highest BCUT2D eigenvalue weighted by Gasteiger charge is 2.22. The minimum atomic E-state index is -0.247. The van der Waals surface area contributed by atoms with Crippen LogP contribution in [0.5, 0.6) is 0 Å². The molecule has 0 fully saturated rings. The standard InChI is InChI=1S/C11H16N4O/c1-3-11(2,5-7-16)15-10-13-6-4-9(8-12)14-10/h4,6,16H,3,5,7H2,1-2H3,(H,13,14,15). The highest BCUT2D eigenvalue weighted by atomic mass is 16.3. The summed E-state index contributed by atoms with van der Waals surface area (Å²) in [6, 6.07) is 3.52. The van der Waals surface area contributed by atoms with Gasteiger partial charge in [-0.3, -0.25) is 0 Å². The van der Waals surface area contributed by atoms with E-state index in [4.69, 9.17) is 10.4 Å². The number of hydrogen-bond donors (Lipinski definition) is 2. The van der Waals surface area contributed by atoms with Crippen molar-refractivity contribution >= 4 is 5.95 Å². The molecule has 0 saturated carbocycles. The van der Waals surface area contributed by atoms with E-state index < -0.39 is 0 Å². The summed E-state index contributed by atoms with van der Waals surface area (Å²) in [5.74, 6) is 0.428. The molecule has 1 aromatic heterocycles. The van der Waals surface area contributed by atoms with Crippen molar-refractivity contribution < 1.29 is 5.11 Å². The van der Waals surface area contributed by atoms with Gasteiger partial charge in [-0.05, 0) is 25.8 Å². The van der Waals surface area contributed by atoms with E-state index in [0.29, 0.717) is 18.1 Å². The van der Waals surface area contributed by atoms with Gasteiger partial charge in [0.1, 0.15) is 11.8 Å². The van der Waals surface area contributed by atoms with Gasteiger partial charge in [0, 0.05) is 18.3 Å². The molecule has 0 spiro atoms. The minimum absolute atomic E-state index is 0.106. The van der Waals surface area contributed by atoms with Crippen molar-refractivity contribution in [3.8, 4) is 6.07 Å². The van der Waals surface area contributed by atoms with E-state index >= 15 is 0 Å². The second-order valence-electron chi connectivity index (χ2n) is 3.89. The maximum atomic E-state index is 8.98. The molecule has 1 atom stereocenters. The van der Waals surface area contributed by atoms with E-state index in [1.165, 1.54) is 0 Å². The van der Waals surface area contributed by atoms with E-state index in [9.17, 15) is 0 Å². The van der Waals surface area contributed by atoms with Crippen LogP contribution in [0.4, 0.5) is 5.95 Å². The fourth-order valence-electron chi connectivity index (χ4n) is 1.33. The van der Waals surface area contributed by atoms with Crippen molar-refractivity contribution in [2.24, 2.45) is 0 Å². The zero-order valence-corrected chi connectivity index (χ0v) is 9.56. The van der Waals surface area contributed by atoms with Gasteiger partial charge in [0.15, 0.2) is 0 Å². The van der Waals surface area contributed by atoms with E-state index in [1.54, 1.807) is 12.3 Å². The lowest BCUT2D eigenvalue weighted by atomic mass is 9.95. The summed E-state index contributed by atoms with van der Waals surface area (Å²) in [5.41, 5.74) is 0.0861. The second kappa shape index (κ2) is 5.42. The Balaban J connectivity index is 2.82. The molecule has 1 heterocycles. The molecule has 2 N–H and O–H groups in total. The molecule has 1 unspecified atom stereocenters. The van der Waals surface area contributed by atoms with Crippen LogP contribution < -0.4 is 5.32 Å². The highest BCUT2D eigenvalue weighted by Crippen LogP contribution is 2.18. The van der Waals surface area contributed by atoms with Crippen molar-refractivity contribution in [2.75, 3.05) is 11.9 Å². The summed E-state index contributed by atoms with van der Waals surface area (Å²) >= 11 is 0. The van der Waals surface area contributed by atoms with Gasteiger partial charge in [-0.2, -0.15) is 5.26 Å². The van der Waals surface area contributed by atoms with Gasteiger partial charge in [0.05, 0.1) is 0 Å². The molecule has 0 bridgehead atoms. The lowest BCUT2D eigenvalue weighted by Crippen LogP contribution is -2.35. The van der Waals surface area contributed by atoms with Crippen LogP contribution >= 0.6 is 0 Å². The lowest BCUT2D eigenvalue weighted by Gasteiger charge is -2.28. The normalized spacial score (nSPS) is 13.9. The first-order chi connectivity index (χ1) is 7.63. The Morgan fingerprint density at radius 2 is 2.38 bits per heavy atom. The first-order valence-corrected chi connectivity index (χ1v) is 5.26. The quantitative estimate of drug-likeness (QED) is 0.781. The van der Waals surface area contributed by atoms with Crippen LogP contribution in [-0.4, -0.2) is 27.2 Å². The molecule has 0 aromatic carbocycles. The number of aliphatic hydroxyl groups excluding tert-OH is 1. The average molecular weight is 220 g/mol. The minimum Gasteiger partial charge on any atom is -0.396 e. The number of rotatable bonds is 5. The number of nitriles is 1. The van der Waals surface area contributed by atoms with Crippen molar-refractivity contribution in [1.82, 2.24) is 9.97 Å². The molecule has 0 aliphatic carbocycles. The van der Waals surface area contributed by atoms with Crippen LogP contribution in [0.25, 0.3) is 0 Å². The van der Waals surface area contributed by atoms with Gasteiger partial charge in [0.2, 0.25) is 5.95 Å². The molecule has 86 valence electrons. The molecule has 16 heavy (non-hydrogen) atoms. The number of nitrogens with zero attached hydrogens (tertiary/aromatic N) is 3. The zero-order chi connectivity index (χ0) is 12.0. The molecule has 5 heteroatoms. The summed E-state index contributed by atoms with van der Waals surface area (Å²) in [7, 11) is 0. The Labute approximate surface area is 95.2 Å². The van der Waals surface area contributed by atoms with E-state index in [1.807, 2.05) is 19.9 Å². The fourth-order valence-corrected chi connectivity index (χ4v) is 1.33. The van der Waals surface area contributed by atoms with Crippen molar-refractivity contribution in [2.45, 2.75) is 32.2 Å². The number of nitrogens with one attached hydrogen (secondary N) is 1. The Bertz CT molecular complexity index is 388. The smallest absolute Gasteiger partial charge is 0.224 e. The molecule has 0 amide bonds. The summed E-state index contributed by atoms with van der Waals surface area (Å²) in [4.78, 5) is 8.09. The lowest BCUT2D eigenvalue weighted by molar-refractivity contribution is 0.251. The Kier molecular flexibility index (Phi) is 4.20. The third kappa shape index (κ3) is 3.17. The van der Waals surface area contributed by atoms with Gasteiger partial charge in [-0.1, -0.05) is 6.92 Å². The average Bonchev–Trinajstić information content (AvgIpc) is 2.29. The molecular weight excluding hydrogens is 204 g/mol. The SMILES string of the molecule is CCC(C)(CCO)Nc1nccc(C#N)n1. The summed E-state index contributed by atoms with van der Waals surface area (Å²) < 4.78 is 0. The third-order valence-corrected chi connectivity index (χ3v) is 2.63. The van der Waals surface area contributed by atoms with Crippen LogP contribution in [-0.2, 0) is 0 Å². The van der Waals surface area contributed by atoms with Gasteiger partial charge < -0.3 is 10.4 Å². The molecule has 1 aromatic rings. The van der Waals surface area contributed by atoms with Crippen LogP contribution in [0, 0.1) is 11.3 Å². The van der Waals surface area contributed by atoms with Gasteiger partial charge >= 0.3 is 0 Å². The molecule has 0 radical (unpaired) electrons. The number of aromatic nitrogens is 2. The fraction of sp³-hybridized carbons (Fsp3) is 0.545. The first kappa shape index (κ1) is 12.4. The van der Waals surface area contributed by atoms with Gasteiger partial charge in [0.25, 0.3) is 0 Å². The van der Waals surface area contributed by atoms with Gasteiger partial charge in [-0.15, -0.1) is 0 Å². The van der Waals surface area contributed by atoms with Crippen LogP contribution in [0.2, 0.25) is 0 Å². The number of aliphatic hydroxyl groups is 1. The van der Waals surface area contributed by atoms with E-state index in [2.05, 4.69) is 15.3 Å².